The molecule has 0 aliphatic rings. The Balaban J connectivity index is 2.72. The van der Waals surface area contributed by atoms with Crippen LogP contribution >= 0.6 is 11.6 Å². The van der Waals surface area contributed by atoms with Gasteiger partial charge in [0.05, 0.1) is 10.7 Å². The number of carbonyl (C=O) groups is 1. The molecule has 0 amide bonds. The lowest BCUT2D eigenvalue weighted by Gasteiger charge is -2.01. The molecule has 1 aromatic rings. The maximum absolute atomic E-state index is 11.6. The Hall–Kier alpha value is -1.46. The second-order valence-electron chi connectivity index (χ2n) is 3.09. The standard InChI is InChI=1S/C12H12ClNO/c1-2-3-4-5-12(15)9-6-7-11(14)10(13)8-9/h6-8H,4-5,14H2,1H3. The Bertz CT molecular complexity index is 429. The molecule has 15 heavy (non-hydrogen) atoms. The number of Topliss-reactive ketones (excluding diaryl/α,β-unsaturated/α-hetero) is 1. The van der Waals surface area contributed by atoms with E-state index in [0.717, 1.165) is 0 Å². The molecule has 0 saturated heterocycles. The van der Waals surface area contributed by atoms with Crippen molar-refractivity contribution in [3.05, 3.63) is 28.8 Å². The van der Waals surface area contributed by atoms with Crippen molar-refractivity contribution in [2.45, 2.75) is 19.8 Å². The first kappa shape index (κ1) is 11.6. The Kier molecular flexibility index (Phi) is 4.20. The number of rotatable bonds is 3. The van der Waals surface area contributed by atoms with Crippen molar-refractivity contribution in [2.24, 2.45) is 0 Å². The Morgan fingerprint density at radius 2 is 2.27 bits per heavy atom. The van der Waals surface area contributed by atoms with Gasteiger partial charge in [-0.25, -0.2) is 0 Å². The van der Waals surface area contributed by atoms with Crippen molar-refractivity contribution in [1.29, 1.82) is 0 Å². The molecule has 1 aromatic carbocycles. The van der Waals surface area contributed by atoms with Crippen molar-refractivity contribution in [3.8, 4) is 11.8 Å². The van der Waals surface area contributed by atoms with Crippen LogP contribution < -0.4 is 5.73 Å². The molecule has 0 aliphatic heterocycles. The van der Waals surface area contributed by atoms with E-state index in [4.69, 9.17) is 17.3 Å². The van der Waals surface area contributed by atoms with Gasteiger partial charge < -0.3 is 5.73 Å². The number of anilines is 1. The van der Waals surface area contributed by atoms with E-state index in [1.165, 1.54) is 0 Å². The lowest BCUT2D eigenvalue weighted by Crippen LogP contribution is -1.99. The van der Waals surface area contributed by atoms with Gasteiger partial charge in [-0.2, -0.15) is 0 Å². The molecule has 1 rings (SSSR count). The molecule has 0 radical (unpaired) electrons. The minimum Gasteiger partial charge on any atom is -0.398 e. The molecule has 0 aromatic heterocycles. The molecule has 0 unspecified atom stereocenters. The molecule has 0 bridgehead atoms. The number of nitrogens with two attached hydrogens (primary N) is 1. The van der Waals surface area contributed by atoms with Crippen LogP contribution in [-0.4, -0.2) is 5.78 Å². The van der Waals surface area contributed by atoms with Crippen molar-refractivity contribution < 1.29 is 4.79 Å². The molecular weight excluding hydrogens is 210 g/mol. The largest absolute Gasteiger partial charge is 0.398 e. The molecule has 0 spiro atoms. The minimum absolute atomic E-state index is 0.0413. The van der Waals surface area contributed by atoms with Crippen LogP contribution in [0.1, 0.15) is 30.1 Å². The summed E-state index contributed by atoms with van der Waals surface area (Å²) in [5.41, 5.74) is 6.62. The molecule has 0 heterocycles. The molecule has 78 valence electrons. The van der Waals surface area contributed by atoms with Gasteiger partial charge in [-0.05, 0) is 25.1 Å². The number of hydrogen-bond donors (Lipinski definition) is 1. The summed E-state index contributed by atoms with van der Waals surface area (Å²) in [6.07, 6.45) is 0.998. The Morgan fingerprint density at radius 1 is 1.53 bits per heavy atom. The predicted molar refractivity (Wildman–Crippen MR) is 62.9 cm³/mol. The fourth-order valence-corrected chi connectivity index (χ4v) is 1.33. The quantitative estimate of drug-likeness (QED) is 0.485. The van der Waals surface area contributed by atoms with Gasteiger partial charge >= 0.3 is 0 Å². The zero-order valence-corrected chi connectivity index (χ0v) is 9.27. The van der Waals surface area contributed by atoms with Crippen LogP contribution in [0.2, 0.25) is 5.02 Å². The Morgan fingerprint density at radius 3 is 2.87 bits per heavy atom. The first-order chi connectivity index (χ1) is 7.15. The number of halogens is 1. The van der Waals surface area contributed by atoms with Gasteiger partial charge in [-0.15, -0.1) is 11.8 Å². The van der Waals surface area contributed by atoms with Crippen LogP contribution in [0.25, 0.3) is 0 Å². The van der Waals surface area contributed by atoms with Crippen molar-refractivity contribution in [1.82, 2.24) is 0 Å². The van der Waals surface area contributed by atoms with Gasteiger partial charge in [0.15, 0.2) is 5.78 Å². The van der Waals surface area contributed by atoms with Crippen LogP contribution in [0.3, 0.4) is 0 Å². The first-order valence-electron chi connectivity index (χ1n) is 4.63. The smallest absolute Gasteiger partial charge is 0.163 e. The van der Waals surface area contributed by atoms with Gasteiger partial charge in [-0.3, -0.25) is 4.79 Å². The highest BCUT2D eigenvalue weighted by Crippen LogP contribution is 2.20. The predicted octanol–water partition coefficient (Wildman–Crippen LogP) is 2.91. The molecular formula is C12H12ClNO. The monoisotopic (exact) mass is 221 g/mol. The molecule has 2 nitrogen and oxygen atoms in total. The van der Waals surface area contributed by atoms with E-state index in [2.05, 4.69) is 11.8 Å². The number of carbonyl (C=O) groups excluding carboxylic acids is 1. The van der Waals surface area contributed by atoms with Crippen LogP contribution in [0.5, 0.6) is 0 Å². The third-order valence-electron chi connectivity index (χ3n) is 1.98. The summed E-state index contributed by atoms with van der Waals surface area (Å²) in [6, 6.07) is 4.92. The highest BCUT2D eigenvalue weighted by atomic mass is 35.5. The molecule has 0 atom stereocenters. The van der Waals surface area contributed by atoms with E-state index in [-0.39, 0.29) is 5.78 Å². The second-order valence-corrected chi connectivity index (χ2v) is 3.49. The van der Waals surface area contributed by atoms with Gasteiger partial charge in [0.25, 0.3) is 0 Å². The fraction of sp³-hybridized carbons (Fsp3) is 0.250. The lowest BCUT2D eigenvalue weighted by molar-refractivity contribution is 0.0984. The fourth-order valence-electron chi connectivity index (χ4n) is 1.15. The van der Waals surface area contributed by atoms with Crippen molar-refractivity contribution >= 4 is 23.1 Å². The second kappa shape index (κ2) is 5.43. The topological polar surface area (TPSA) is 43.1 Å². The van der Waals surface area contributed by atoms with E-state index in [1.54, 1.807) is 25.1 Å². The maximum Gasteiger partial charge on any atom is 0.163 e. The number of hydrogen-bond acceptors (Lipinski definition) is 2. The van der Waals surface area contributed by atoms with E-state index in [9.17, 15) is 4.79 Å². The summed E-state index contributed by atoms with van der Waals surface area (Å²) in [5, 5.41) is 0.419. The molecule has 0 saturated carbocycles. The zero-order valence-electron chi connectivity index (χ0n) is 8.51. The zero-order chi connectivity index (χ0) is 11.3. The van der Waals surface area contributed by atoms with Crippen molar-refractivity contribution in [2.75, 3.05) is 5.73 Å². The Labute approximate surface area is 94.4 Å². The summed E-state index contributed by atoms with van der Waals surface area (Å²) in [6.45, 7) is 1.75. The summed E-state index contributed by atoms with van der Waals surface area (Å²) in [4.78, 5) is 11.6. The molecule has 0 aliphatic carbocycles. The van der Waals surface area contributed by atoms with Crippen LogP contribution in [0.15, 0.2) is 18.2 Å². The number of ketones is 1. The SMILES string of the molecule is CC#CCCC(=O)c1ccc(N)c(Cl)c1. The van der Waals surface area contributed by atoms with E-state index in [1.807, 2.05) is 0 Å². The average molecular weight is 222 g/mol. The first-order valence-corrected chi connectivity index (χ1v) is 5.00. The van der Waals surface area contributed by atoms with Crippen LogP contribution in [-0.2, 0) is 0 Å². The third kappa shape index (κ3) is 3.30. The van der Waals surface area contributed by atoms with E-state index >= 15 is 0 Å². The van der Waals surface area contributed by atoms with E-state index in [0.29, 0.717) is 29.1 Å². The third-order valence-corrected chi connectivity index (χ3v) is 2.30. The van der Waals surface area contributed by atoms with Gasteiger partial charge in [0.2, 0.25) is 0 Å². The maximum atomic E-state index is 11.6. The highest BCUT2D eigenvalue weighted by Gasteiger charge is 2.06. The minimum atomic E-state index is 0.0413. The molecule has 0 fully saturated rings. The highest BCUT2D eigenvalue weighted by molar-refractivity contribution is 6.33. The van der Waals surface area contributed by atoms with Gasteiger partial charge in [0.1, 0.15) is 0 Å². The number of benzene rings is 1. The summed E-state index contributed by atoms with van der Waals surface area (Å²) in [7, 11) is 0. The van der Waals surface area contributed by atoms with Crippen LogP contribution in [0, 0.1) is 11.8 Å². The lowest BCUT2D eigenvalue weighted by atomic mass is 10.1. The summed E-state index contributed by atoms with van der Waals surface area (Å²) >= 11 is 5.81. The average Bonchev–Trinajstić information content (AvgIpc) is 2.22. The molecule has 2 N–H and O–H groups in total. The summed E-state index contributed by atoms with van der Waals surface area (Å²) in [5.74, 6) is 5.63. The van der Waals surface area contributed by atoms with Gasteiger partial charge in [-0.1, -0.05) is 11.6 Å². The normalized spacial score (nSPS) is 9.20. The van der Waals surface area contributed by atoms with E-state index < -0.39 is 0 Å². The van der Waals surface area contributed by atoms with Gasteiger partial charge in [0, 0.05) is 18.4 Å². The van der Waals surface area contributed by atoms with Crippen molar-refractivity contribution in [3.63, 3.8) is 0 Å². The number of nitrogen functional groups attached to an aromatic ring is 1. The summed E-state index contributed by atoms with van der Waals surface area (Å²) < 4.78 is 0. The molecule has 3 heteroatoms. The van der Waals surface area contributed by atoms with Crippen LogP contribution in [0.4, 0.5) is 5.69 Å².